The molecule has 0 radical (unpaired) electrons. The average Bonchev–Trinajstić information content (AvgIpc) is 2.59. The van der Waals surface area contributed by atoms with Crippen LogP contribution in [0.2, 0.25) is 0 Å². The highest BCUT2D eigenvalue weighted by Gasteiger charge is 2.22. The summed E-state index contributed by atoms with van der Waals surface area (Å²) in [5.74, 6) is 2.71. The van der Waals surface area contributed by atoms with Gasteiger partial charge in [0.25, 0.3) is 0 Å². The number of rotatable bonds is 5. The van der Waals surface area contributed by atoms with Gasteiger partial charge in [-0.2, -0.15) is 11.8 Å². The number of ether oxygens (including phenoxy) is 1. The molecule has 3 rings (SSSR count). The standard InChI is InChI=1S/C17H22FN3OS/c1-22-16-10-15-13(9-14(16)18)17(20-11-19-15)21-6-3-12(4-7-21)5-8-23-2/h9-12H,3-8H2,1-2H3. The van der Waals surface area contributed by atoms with Crippen LogP contribution in [0.5, 0.6) is 5.75 Å². The van der Waals surface area contributed by atoms with E-state index in [9.17, 15) is 4.39 Å². The fraction of sp³-hybridized carbons (Fsp3) is 0.529. The molecule has 4 nitrogen and oxygen atoms in total. The molecule has 0 saturated carbocycles. The van der Waals surface area contributed by atoms with Crippen LogP contribution < -0.4 is 9.64 Å². The van der Waals surface area contributed by atoms with Gasteiger partial charge in [-0.3, -0.25) is 0 Å². The summed E-state index contributed by atoms with van der Waals surface area (Å²) >= 11 is 1.91. The lowest BCUT2D eigenvalue weighted by Crippen LogP contribution is -2.34. The van der Waals surface area contributed by atoms with E-state index in [4.69, 9.17) is 4.74 Å². The number of aromatic nitrogens is 2. The molecule has 0 atom stereocenters. The van der Waals surface area contributed by atoms with E-state index in [0.717, 1.165) is 35.7 Å². The van der Waals surface area contributed by atoms with Crippen molar-refractivity contribution in [3.63, 3.8) is 0 Å². The van der Waals surface area contributed by atoms with Crippen LogP contribution in [0.3, 0.4) is 0 Å². The van der Waals surface area contributed by atoms with Crippen molar-refractivity contribution in [2.24, 2.45) is 5.92 Å². The monoisotopic (exact) mass is 335 g/mol. The Morgan fingerprint density at radius 3 is 2.78 bits per heavy atom. The van der Waals surface area contributed by atoms with Crippen molar-refractivity contribution >= 4 is 28.5 Å². The van der Waals surface area contributed by atoms with E-state index in [-0.39, 0.29) is 11.6 Å². The minimum Gasteiger partial charge on any atom is -0.494 e. The van der Waals surface area contributed by atoms with Crippen molar-refractivity contribution in [2.45, 2.75) is 19.3 Å². The molecule has 1 aliphatic rings. The molecular formula is C17H22FN3OS. The molecule has 1 aliphatic heterocycles. The molecule has 1 fully saturated rings. The first-order chi connectivity index (χ1) is 11.2. The molecule has 0 aliphatic carbocycles. The molecule has 0 spiro atoms. The Morgan fingerprint density at radius 2 is 2.09 bits per heavy atom. The molecule has 0 bridgehead atoms. The van der Waals surface area contributed by atoms with Crippen LogP contribution in [0.4, 0.5) is 10.2 Å². The third-order valence-electron chi connectivity index (χ3n) is 4.53. The van der Waals surface area contributed by atoms with Crippen molar-refractivity contribution in [2.75, 3.05) is 37.1 Å². The average molecular weight is 335 g/mol. The number of nitrogens with zero attached hydrogens (tertiary/aromatic N) is 3. The summed E-state index contributed by atoms with van der Waals surface area (Å²) in [5, 5.41) is 0.758. The Labute approximate surface area is 140 Å². The number of benzene rings is 1. The first-order valence-corrected chi connectivity index (χ1v) is 9.34. The number of anilines is 1. The lowest BCUT2D eigenvalue weighted by atomic mass is 9.94. The fourth-order valence-electron chi connectivity index (χ4n) is 3.17. The van der Waals surface area contributed by atoms with Crippen molar-refractivity contribution < 1.29 is 9.13 Å². The second kappa shape index (κ2) is 7.34. The van der Waals surface area contributed by atoms with Gasteiger partial charge in [0.05, 0.1) is 12.6 Å². The number of halogens is 1. The summed E-state index contributed by atoms with van der Waals surface area (Å²) in [6.07, 6.45) is 7.33. The zero-order chi connectivity index (χ0) is 16.2. The maximum Gasteiger partial charge on any atom is 0.165 e. The van der Waals surface area contributed by atoms with E-state index in [1.165, 1.54) is 38.2 Å². The highest BCUT2D eigenvalue weighted by Crippen LogP contribution is 2.31. The van der Waals surface area contributed by atoms with Gasteiger partial charge in [0.15, 0.2) is 11.6 Å². The normalized spacial score (nSPS) is 16.0. The topological polar surface area (TPSA) is 38.3 Å². The highest BCUT2D eigenvalue weighted by molar-refractivity contribution is 7.98. The van der Waals surface area contributed by atoms with E-state index in [2.05, 4.69) is 21.1 Å². The molecule has 2 heterocycles. The van der Waals surface area contributed by atoms with Crippen molar-refractivity contribution in [1.82, 2.24) is 9.97 Å². The predicted octanol–water partition coefficient (Wildman–Crippen LogP) is 3.75. The van der Waals surface area contributed by atoms with Gasteiger partial charge in [-0.05, 0) is 43.3 Å². The second-order valence-electron chi connectivity index (χ2n) is 5.91. The van der Waals surface area contributed by atoms with Gasteiger partial charge < -0.3 is 9.64 Å². The van der Waals surface area contributed by atoms with E-state index < -0.39 is 0 Å². The van der Waals surface area contributed by atoms with Gasteiger partial charge in [-0.1, -0.05) is 0 Å². The van der Waals surface area contributed by atoms with Gasteiger partial charge in [-0.15, -0.1) is 0 Å². The van der Waals surface area contributed by atoms with Crippen LogP contribution in [0, 0.1) is 11.7 Å². The third-order valence-corrected chi connectivity index (χ3v) is 5.18. The number of hydrogen-bond acceptors (Lipinski definition) is 5. The predicted molar refractivity (Wildman–Crippen MR) is 94.0 cm³/mol. The van der Waals surface area contributed by atoms with Crippen LogP contribution in [-0.4, -0.2) is 42.2 Å². The summed E-state index contributed by atoms with van der Waals surface area (Å²) < 4.78 is 19.1. The fourth-order valence-corrected chi connectivity index (χ4v) is 3.74. The van der Waals surface area contributed by atoms with Gasteiger partial charge in [0.1, 0.15) is 12.1 Å². The van der Waals surface area contributed by atoms with Gasteiger partial charge >= 0.3 is 0 Å². The first-order valence-electron chi connectivity index (χ1n) is 7.95. The Hall–Kier alpha value is -1.56. The summed E-state index contributed by atoms with van der Waals surface area (Å²) in [6, 6.07) is 3.13. The molecule has 23 heavy (non-hydrogen) atoms. The molecule has 1 aromatic carbocycles. The molecule has 0 N–H and O–H groups in total. The minimum atomic E-state index is -0.370. The molecular weight excluding hydrogens is 313 g/mol. The quantitative estimate of drug-likeness (QED) is 0.832. The largest absolute Gasteiger partial charge is 0.494 e. The molecule has 2 aromatic rings. The minimum absolute atomic E-state index is 0.220. The molecule has 0 unspecified atom stereocenters. The number of thioether (sulfide) groups is 1. The van der Waals surface area contributed by atoms with Crippen molar-refractivity contribution in [1.29, 1.82) is 0 Å². The maximum absolute atomic E-state index is 14.1. The number of methoxy groups -OCH3 is 1. The van der Waals surface area contributed by atoms with Crippen LogP contribution in [0.15, 0.2) is 18.5 Å². The lowest BCUT2D eigenvalue weighted by Gasteiger charge is -2.33. The van der Waals surface area contributed by atoms with E-state index in [0.29, 0.717) is 0 Å². The Morgan fingerprint density at radius 1 is 1.30 bits per heavy atom. The maximum atomic E-state index is 14.1. The zero-order valence-corrected chi connectivity index (χ0v) is 14.4. The van der Waals surface area contributed by atoms with Gasteiger partial charge in [-0.25, -0.2) is 14.4 Å². The van der Waals surface area contributed by atoms with Crippen LogP contribution >= 0.6 is 11.8 Å². The smallest absolute Gasteiger partial charge is 0.165 e. The van der Waals surface area contributed by atoms with Gasteiger partial charge in [0, 0.05) is 24.5 Å². The second-order valence-corrected chi connectivity index (χ2v) is 6.90. The summed E-state index contributed by atoms with van der Waals surface area (Å²) in [4.78, 5) is 10.9. The highest BCUT2D eigenvalue weighted by atomic mass is 32.2. The van der Waals surface area contributed by atoms with Gasteiger partial charge in [0.2, 0.25) is 0 Å². The first kappa shape index (κ1) is 16.3. The van der Waals surface area contributed by atoms with E-state index >= 15 is 0 Å². The Balaban J connectivity index is 1.82. The molecule has 124 valence electrons. The zero-order valence-electron chi connectivity index (χ0n) is 13.6. The lowest BCUT2D eigenvalue weighted by molar-refractivity contribution is 0.387. The molecule has 6 heteroatoms. The molecule has 1 aromatic heterocycles. The van der Waals surface area contributed by atoms with Crippen molar-refractivity contribution in [3.05, 3.63) is 24.3 Å². The number of piperidine rings is 1. The third kappa shape index (κ3) is 3.52. The van der Waals surface area contributed by atoms with Crippen LogP contribution in [-0.2, 0) is 0 Å². The van der Waals surface area contributed by atoms with Crippen molar-refractivity contribution in [3.8, 4) is 5.75 Å². The number of fused-ring (bicyclic) bond motifs is 1. The Kier molecular flexibility index (Phi) is 5.20. The summed E-state index contributed by atoms with van der Waals surface area (Å²) in [5.41, 5.74) is 0.720. The van der Waals surface area contributed by atoms with E-state index in [1.807, 2.05) is 11.8 Å². The number of hydrogen-bond donors (Lipinski definition) is 0. The summed E-state index contributed by atoms with van der Waals surface area (Å²) in [7, 11) is 1.46. The SMILES string of the molecule is COc1cc2ncnc(N3CCC(CCSC)CC3)c2cc1F. The van der Waals surface area contributed by atoms with E-state index in [1.54, 1.807) is 12.4 Å². The molecule has 0 amide bonds. The molecule has 1 saturated heterocycles. The van der Waals surface area contributed by atoms with Crippen LogP contribution in [0.25, 0.3) is 10.9 Å². The summed E-state index contributed by atoms with van der Waals surface area (Å²) in [6.45, 7) is 1.94. The van der Waals surface area contributed by atoms with Crippen LogP contribution in [0.1, 0.15) is 19.3 Å². The Bertz CT molecular complexity index is 674.